The van der Waals surface area contributed by atoms with Gasteiger partial charge in [0.15, 0.2) is 0 Å². The number of hydrogen-bond acceptors (Lipinski definition) is 2. The van der Waals surface area contributed by atoms with Crippen molar-refractivity contribution in [2.45, 2.75) is 52.1 Å². The maximum absolute atomic E-state index is 11.7. The van der Waals surface area contributed by atoms with Gasteiger partial charge < -0.3 is 15.7 Å². The third-order valence-electron chi connectivity index (χ3n) is 3.28. The first-order valence-corrected chi connectivity index (χ1v) is 7.30. The summed E-state index contributed by atoms with van der Waals surface area (Å²) in [4.78, 5) is 22.7. The van der Waals surface area contributed by atoms with Gasteiger partial charge in [-0.2, -0.15) is 0 Å². The van der Waals surface area contributed by atoms with Crippen LogP contribution in [0.15, 0.2) is 24.3 Å². The van der Waals surface area contributed by atoms with Crippen molar-refractivity contribution in [3.05, 3.63) is 35.4 Å². The van der Waals surface area contributed by atoms with E-state index < -0.39 is 18.0 Å². The highest BCUT2D eigenvalue weighted by atomic mass is 16.4. The average Bonchev–Trinajstić information content (AvgIpc) is 2.45. The molecule has 0 radical (unpaired) electrons. The summed E-state index contributed by atoms with van der Waals surface area (Å²) in [5, 5.41) is 14.1. The summed E-state index contributed by atoms with van der Waals surface area (Å²) in [6.45, 7) is 6.51. The molecule has 0 bridgehead atoms. The fraction of sp³-hybridized carbons (Fsp3) is 0.500. The van der Waals surface area contributed by atoms with Crippen LogP contribution in [0.25, 0.3) is 0 Å². The van der Waals surface area contributed by atoms with E-state index in [1.165, 1.54) is 5.56 Å². The Balaban J connectivity index is 2.46. The predicted octanol–water partition coefficient (Wildman–Crippen LogP) is 2.86. The van der Waals surface area contributed by atoms with Crippen LogP contribution in [-0.4, -0.2) is 23.1 Å². The molecule has 5 heteroatoms. The number of urea groups is 1. The minimum absolute atomic E-state index is 0.378. The minimum atomic E-state index is -1.01. The number of rotatable bonds is 7. The molecule has 5 nitrogen and oxygen atoms in total. The molecule has 0 heterocycles. The number of aliphatic carboxylic acids is 1. The molecule has 1 rings (SSSR count). The number of carbonyl (C=O) groups is 2. The maximum atomic E-state index is 11.7. The molecule has 0 unspecified atom stereocenters. The SMILES string of the molecule is CCC[C@H](NC(=O)NCc1ccc(C(C)C)cc1)C(=O)O. The van der Waals surface area contributed by atoms with Crippen molar-refractivity contribution >= 4 is 12.0 Å². The minimum Gasteiger partial charge on any atom is -0.480 e. The lowest BCUT2D eigenvalue weighted by molar-refractivity contribution is -0.139. The lowest BCUT2D eigenvalue weighted by Crippen LogP contribution is -2.45. The highest BCUT2D eigenvalue weighted by molar-refractivity contribution is 5.82. The van der Waals surface area contributed by atoms with Crippen LogP contribution >= 0.6 is 0 Å². The number of amides is 2. The van der Waals surface area contributed by atoms with Gasteiger partial charge in [0.1, 0.15) is 6.04 Å². The fourth-order valence-electron chi connectivity index (χ4n) is 1.96. The Morgan fingerprint density at radius 3 is 2.29 bits per heavy atom. The summed E-state index contributed by atoms with van der Waals surface area (Å²) in [5.74, 6) is -0.533. The lowest BCUT2D eigenvalue weighted by Gasteiger charge is -2.14. The van der Waals surface area contributed by atoms with Gasteiger partial charge in [-0.3, -0.25) is 0 Å². The zero-order valence-electron chi connectivity index (χ0n) is 12.8. The highest BCUT2D eigenvalue weighted by Gasteiger charge is 2.18. The van der Waals surface area contributed by atoms with Crippen molar-refractivity contribution in [3.8, 4) is 0 Å². The number of hydrogen-bond donors (Lipinski definition) is 3. The summed E-state index contributed by atoms with van der Waals surface area (Å²) >= 11 is 0. The largest absolute Gasteiger partial charge is 0.480 e. The van der Waals surface area contributed by atoms with Crippen LogP contribution in [0.5, 0.6) is 0 Å². The molecule has 2 amide bonds. The van der Waals surface area contributed by atoms with E-state index in [2.05, 4.69) is 24.5 Å². The Morgan fingerprint density at radius 2 is 1.81 bits per heavy atom. The molecule has 21 heavy (non-hydrogen) atoms. The Bertz CT molecular complexity index is 469. The molecule has 0 aromatic heterocycles. The van der Waals surface area contributed by atoms with Crippen molar-refractivity contribution in [2.75, 3.05) is 0 Å². The van der Waals surface area contributed by atoms with Gasteiger partial charge in [-0.25, -0.2) is 9.59 Å². The van der Waals surface area contributed by atoms with E-state index in [1.807, 2.05) is 31.2 Å². The normalized spacial score (nSPS) is 12.0. The van der Waals surface area contributed by atoms with E-state index in [0.717, 1.165) is 5.56 Å². The first-order valence-electron chi connectivity index (χ1n) is 7.30. The van der Waals surface area contributed by atoms with E-state index in [9.17, 15) is 9.59 Å². The first kappa shape index (κ1) is 17.0. The molecule has 1 aromatic carbocycles. The molecular weight excluding hydrogens is 268 g/mol. The van der Waals surface area contributed by atoms with Crippen molar-refractivity contribution in [1.82, 2.24) is 10.6 Å². The summed E-state index contributed by atoms with van der Waals surface area (Å²) in [7, 11) is 0. The molecule has 0 fully saturated rings. The van der Waals surface area contributed by atoms with Crippen LogP contribution in [0.3, 0.4) is 0 Å². The predicted molar refractivity (Wildman–Crippen MR) is 82.2 cm³/mol. The number of nitrogens with one attached hydrogen (secondary N) is 2. The van der Waals surface area contributed by atoms with E-state index in [4.69, 9.17) is 5.11 Å². The van der Waals surface area contributed by atoms with Crippen molar-refractivity contribution < 1.29 is 14.7 Å². The Hall–Kier alpha value is -2.04. The first-order chi connectivity index (χ1) is 9.93. The molecule has 0 spiro atoms. The molecule has 0 aliphatic heterocycles. The van der Waals surface area contributed by atoms with Crippen LogP contribution in [0.4, 0.5) is 4.79 Å². The van der Waals surface area contributed by atoms with Gasteiger partial charge in [-0.1, -0.05) is 51.5 Å². The van der Waals surface area contributed by atoms with Crippen LogP contribution in [-0.2, 0) is 11.3 Å². The molecule has 116 valence electrons. The number of benzene rings is 1. The van der Waals surface area contributed by atoms with Gasteiger partial charge in [-0.05, 0) is 23.5 Å². The quantitative estimate of drug-likeness (QED) is 0.723. The molecular formula is C16H24N2O3. The molecule has 0 aliphatic rings. The third kappa shape index (κ3) is 5.85. The van der Waals surface area contributed by atoms with E-state index >= 15 is 0 Å². The molecule has 3 N–H and O–H groups in total. The summed E-state index contributed by atoms with van der Waals surface area (Å²) < 4.78 is 0. The molecule has 0 saturated carbocycles. The second-order valence-corrected chi connectivity index (χ2v) is 5.40. The van der Waals surface area contributed by atoms with E-state index in [0.29, 0.717) is 25.3 Å². The van der Waals surface area contributed by atoms with Crippen LogP contribution in [0.1, 0.15) is 50.7 Å². The molecule has 0 aliphatic carbocycles. The van der Waals surface area contributed by atoms with Gasteiger partial charge in [0.2, 0.25) is 0 Å². The van der Waals surface area contributed by atoms with Gasteiger partial charge in [0.05, 0.1) is 0 Å². The van der Waals surface area contributed by atoms with Gasteiger partial charge in [0.25, 0.3) is 0 Å². The van der Waals surface area contributed by atoms with Crippen LogP contribution < -0.4 is 10.6 Å². The number of carboxylic acids is 1. The second kappa shape index (κ2) is 8.29. The van der Waals surface area contributed by atoms with E-state index in [1.54, 1.807) is 0 Å². The third-order valence-corrected chi connectivity index (χ3v) is 3.28. The number of carbonyl (C=O) groups excluding carboxylic acids is 1. The molecule has 1 aromatic rings. The molecule has 0 saturated heterocycles. The Morgan fingerprint density at radius 1 is 1.19 bits per heavy atom. The summed E-state index contributed by atoms with van der Waals surface area (Å²) in [6, 6.07) is 6.72. The standard InChI is InChI=1S/C16H24N2O3/c1-4-5-14(15(19)20)18-16(21)17-10-12-6-8-13(9-7-12)11(2)3/h6-9,11,14H,4-5,10H2,1-3H3,(H,19,20)(H2,17,18,21)/t14-/m0/s1. The lowest BCUT2D eigenvalue weighted by atomic mass is 10.0. The van der Waals surface area contributed by atoms with Gasteiger partial charge >= 0.3 is 12.0 Å². The van der Waals surface area contributed by atoms with Gasteiger partial charge in [-0.15, -0.1) is 0 Å². The fourth-order valence-corrected chi connectivity index (χ4v) is 1.96. The van der Waals surface area contributed by atoms with Gasteiger partial charge in [0, 0.05) is 6.54 Å². The smallest absolute Gasteiger partial charge is 0.326 e. The van der Waals surface area contributed by atoms with Crippen molar-refractivity contribution in [2.24, 2.45) is 0 Å². The zero-order chi connectivity index (χ0) is 15.8. The van der Waals surface area contributed by atoms with Crippen LogP contribution in [0.2, 0.25) is 0 Å². The second-order valence-electron chi connectivity index (χ2n) is 5.40. The monoisotopic (exact) mass is 292 g/mol. The highest BCUT2D eigenvalue weighted by Crippen LogP contribution is 2.14. The Kier molecular flexibility index (Phi) is 6.72. The Labute approximate surface area is 125 Å². The van der Waals surface area contributed by atoms with Crippen molar-refractivity contribution in [1.29, 1.82) is 0 Å². The van der Waals surface area contributed by atoms with E-state index in [-0.39, 0.29) is 0 Å². The number of carboxylic acid groups (broad SMARTS) is 1. The molecule has 1 atom stereocenters. The summed E-state index contributed by atoms with van der Waals surface area (Å²) in [6.07, 6.45) is 1.12. The van der Waals surface area contributed by atoms with Crippen molar-refractivity contribution in [3.63, 3.8) is 0 Å². The van der Waals surface area contributed by atoms with Crippen LogP contribution in [0, 0.1) is 0 Å². The zero-order valence-corrected chi connectivity index (χ0v) is 12.8. The topological polar surface area (TPSA) is 78.4 Å². The average molecular weight is 292 g/mol. The summed E-state index contributed by atoms with van der Waals surface area (Å²) in [5.41, 5.74) is 2.23. The maximum Gasteiger partial charge on any atom is 0.326 e.